The average Bonchev–Trinajstić information content (AvgIpc) is 2.30. The number of hydrogen-bond acceptors (Lipinski definition) is 2. The Bertz CT molecular complexity index is 490. The van der Waals surface area contributed by atoms with Crippen LogP contribution in [0.5, 0.6) is 0 Å². The molecule has 2 heteroatoms. The summed E-state index contributed by atoms with van der Waals surface area (Å²) in [5.74, 6) is 0. The Balaban J connectivity index is 2.49. The van der Waals surface area contributed by atoms with Crippen molar-refractivity contribution in [2.24, 2.45) is 5.73 Å². The topological polar surface area (TPSA) is 38.9 Å². The van der Waals surface area contributed by atoms with Crippen LogP contribution < -0.4 is 5.73 Å². The highest BCUT2D eigenvalue weighted by Gasteiger charge is 2.04. The molecule has 1 aromatic carbocycles. The molecule has 1 heterocycles. The largest absolute Gasteiger partial charge is 0.324 e. The van der Waals surface area contributed by atoms with E-state index in [0.717, 1.165) is 5.56 Å². The highest BCUT2D eigenvalue weighted by molar-refractivity contribution is 5.66. The van der Waals surface area contributed by atoms with Crippen molar-refractivity contribution in [2.75, 3.05) is 0 Å². The number of pyridine rings is 1. The van der Waals surface area contributed by atoms with Crippen molar-refractivity contribution in [3.8, 4) is 11.1 Å². The van der Waals surface area contributed by atoms with Gasteiger partial charge in [-0.3, -0.25) is 4.98 Å². The zero-order chi connectivity index (χ0) is 11.5. The molecule has 1 atom stereocenters. The van der Waals surface area contributed by atoms with E-state index in [0.29, 0.717) is 0 Å². The number of nitrogens with zero attached hydrogens (tertiary/aromatic N) is 1. The molecule has 0 aliphatic rings. The van der Waals surface area contributed by atoms with Crippen LogP contribution in [-0.2, 0) is 0 Å². The summed E-state index contributed by atoms with van der Waals surface area (Å²) in [6.07, 6.45) is 3.71. The molecule has 0 radical (unpaired) electrons. The zero-order valence-electron chi connectivity index (χ0n) is 9.64. The van der Waals surface area contributed by atoms with E-state index < -0.39 is 0 Å². The summed E-state index contributed by atoms with van der Waals surface area (Å²) < 4.78 is 0. The quantitative estimate of drug-likeness (QED) is 0.830. The molecule has 2 N–H and O–H groups in total. The lowest BCUT2D eigenvalue weighted by molar-refractivity contribution is 0.818. The van der Waals surface area contributed by atoms with Gasteiger partial charge in [-0.15, -0.1) is 0 Å². The maximum Gasteiger partial charge on any atom is 0.0349 e. The molecule has 1 aromatic heterocycles. The van der Waals surface area contributed by atoms with E-state index >= 15 is 0 Å². The number of aryl methyl sites for hydroxylation is 1. The molecule has 0 fully saturated rings. The molecule has 0 saturated carbocycles. The second-order valence-corrected chi connectivity index (χ2v) is 4.10. The van der Waals surface area contributed by atoms with Gasteiger partial charge >= 0.3 is 0 Å². The Labute approximate surface area is 96.1 Å². The van der Waals surface area contributed by atoms with Gasteiger partial charge in [0, 0.05) is 24.0 Å². The van der Waals surface area contributed by atoms with Crippen LogP contribution in [0.25, 0.3) is 11.1 Å². The number of rotatable bonds is 2. The SMILES string of the molecule is Cc1ccncc1-c1cccc([C@H](C)N)c1. The Morgan fingerprint density at radius 2 is 2.06 bits per heavy atom. The van der Waals surface area contributed by atoms with Crippen molar-refractivity contribution in [2.45, 2.75) is 19.9 Å². The first-order chi connectivity index (χ1) is 7.68. The van der Waals surface area contributed by atoms with Crippen LogP contribution in [0.3, 0.4) is 0 Å². The molecule has 82 valence electrons. The van der Waals surface area contributed by atoms with Crippen molar-refractivity contribution < 1.29 is 0 Å². The first-order valence-electron chi connectivity index (χ1n) is 5.45. The van der Waals surface area contributed by atoms with E-state index in [1.807, 2.05) is 31.5 Å². The fourth-order valence-corrected chi connectivity index (χ4v) is 1.76. The van der Waals surface area contributed by atoms with E-state index in [9.17, 15) is 0 Å². The monoisotopic (exact) mass is 212 g/mol. The van der Waals surface area contributed by atoms with Crippen molar-refractivity contribution >= 4 is 0 Å². The fraction of sp³-hybridized carbons (Fsp3) is 0.214. The molecule has 16 heavy (non-hydrogen) atoms. The summed E-state index contributed by atoms with van der Waals surface area (Å²) in [7, 11) is 0. The second-order valence-electron chi connectivity index (χ2n) is 4.10. The lowest BCUT2D eigenvalue weighted by atomic mass is 9.99. The summed E-state index contributed by atoms with van der Waals surface area (Å²) in [6.45, 7) is 4.09. The number of benzene rings is 1. The highest BCUT2D eigenvalue weighted by Crippen LogP contribution is 2.24. The fourth-order valence-electron chi connectivity index (χ4n) is 1.76. The van der Waals surface area contributed by atoms with Crippen molar-refractivity contribution in [1.82, 2.24) is 4.98 Å². The van der Waals surface area contributed by atoms with Gasteiger partial charge in [-0.1, -0.05) is 18.2 Å². The van der Waals surface area contributed by atoms with E-state index in [-0.39, 0.29) is 6.04 Å². The first kappa shape index (κ1) is 10.8. The summed E-state index contributed by atoms with van der Waals surface area (Å²) in [5.41, 5.74) is 10.6. The normalized spacial score (nSPS) is 12.4. The van der Waals surface area contributed by atoms with Crippen LogP contribution in [0.15, 0.2) is 42.7 Å². The van der Waals surface area contributed by atoms with Gasteiger partial charge in [0.25, 0.3) is 0 Å². The molecule has 2 aromatic rings. The summed E-state index contributed by atoms with van der Waals surface area (Å²) in [6, 6.07) is 10.4. The minimum Gasteiger partial charge on any atom is -0.324 e. The first-order valence-corrected chi connectivity index (χ1v) is 5.45. The standard InChI is InChI=1S/C14H16N2/c1-10-6-7-16-9-14(10)13-5-3-4-12(8-13)11(2)15/h3-9,11H,15H2,1-2H3/t11-/m0/s1. The molecule has 2 nitrogen and oxygen atoms in total. The van der Waals surface area contributed by atoms with Gasteiger partial charge in [-0.25, -0.2) is 0 Å². The van der Waals surface area contributed by atoms with Gasteiger partial charge in [0.15, 0.2) is 0 Å². The zero-order valence-corrected chi connectivity index (χ0v) is 9.64. The van der Waals surface area contributed by atoms with Gasteiger partial charge in [0.05, 0.1) is 0 Å². The van der Waals surface area contributed by atoms with Crippen molar-refractivity contribution in [1.29, 1.82) is 0 Å². The Hall–Kier alpha value is -1.67. The highest BCUT2D eigenvalue weighted by atomic mass is 14.6. The predicted octanol–water partition coefficient (Wildman–Crippen LogP) is 3.08. The van der Waals surface area contributed by atoms with Gasteiger partial charge < -0.3 is 5.73 Å². The van der Waals surface area contributed by atoms with Crippen LogP contribution in [0, 0.1) is 6.92 Å². The smallest absolute Gasteiger partial charge is 0.0349 e. The number of hydrogen-bond donors (Lipinski definition) is 1. The summed E-state index contributed by atoms with van der Waals surface area (Å²) >= 11 is 0. The molecule has 0 saturated heterocycles. The van der Waals surface area contributed by atoms with Crippen molar-refractivity contribution in [3.05, 3.63) is 53.9 Å². The van der Waals surface area contributed by atoms with Crippen LogP contribution in [0.2, 0.25) is 0 Å². The summed E-state index contributed by atoms with van der Waals surface area (Å²) in [4.78, 5) is 4.17. The molecular weight excluding hydrogens is 196 g/mol. The van der Waals surface area contributed by atoms with Crippen LogP contribution in [-0.4, -0.2) is 4.98 Å². The van der Waals surface area contributed by atoms with E-state index in [1.54, 1.807) is 0 Å². The van der Waals surface area contributed by atoms with Gasteiger partial charge in [-0.05, 0) is 42.7 Å². The Morgan fingerprint density at radius 3 is 2.75 bits per heavy atom. The lowest BCUT2D eigenvalue weighted by Gasteiger charge is -2.09. The summed E-state index contributed by atoms with van der Waals surface area (Å²) in [5, 5.41) is 0. The molecule has 0 spiro atoms. The predicted molar refractivity (Wildman–Crippen MR) is 67.0 cm³/mol. The minimum atomic E-state index is 0.0666. The Morgan fingerprint density at radius 1 is 1.25 bits per heavy atom. The molecule has 0 aliphatic heterocycles. The van der Waals surface area contributed by atoms with Gasteiger partial charge in [0.1, 0.15) is 0 Å². The molecule has 0 bridgehead atoms. The third-order valence-corrected chi connectivity index (χ3v) is 2.76. The number of nitrogens with two attached hydrogens (primary N) is 1. The third kappa shape index (κ3) is 2.12. The molecule has 2 rings (SSSR count). The average molecular weight is 212 g/mol. The molecule has 0 amide bonds. The molecule has 0 aliphatic carbocycles. The van der Waals surface area contributed by atoms with Crippen molar-refractivity contribution in [3.63, 3.8) is 0 Å². The van der Waals surface area contributed by atoms with E-state index in [4.69, 9.17) is 5.73 Å². The van der Waals surface area contributed by atoms with Crippen LogP contribution in [0.1, 0.15) is 24.1 Å². The van der Waals surface area contributed by atoms with Crippen LogP contribution in [0.4, 0.5) is 0 Å². The van der Waals surface area contributed by atoms with E-state index in [1.165, 1.54) is 16.7 Å². The third-order valence-electron chi connectivity index (χ3n) is 2.76. The van der Waals surface area contributed by atoms with Gasteiger partial charge in [-0.2, -0.15) is 0 Å². The van der Waals surface area contributed by atoms with Gasteiger partial charge in [0.2, 0.25) is 0 Å². The molecular formula is C14H16N2. The Kier molecular flexibility index (Phi) is 3.02. The maximum absolute atomic E-state index is 5.88. The minimum absolute atomic E-state index is 0.0666. The maximum atomic E-state index is 5.88. The number of aromatic nitrogens is 1. The molecule has 0 unspecified atom stereocenters. The van der Waals surface area contributed by atoms with E-state index in [2.05, 4.69) is 30.1 Å². The second kappa shape index (κ2) is 4.45. The lowest BCUT2D eigenvalue weighted by Crippen LogP contribution is -2.04. The van der Waals surface area contributed by atoms with Crippen LogP contribution >= 0.6 is 0 Å².